The Morgan fingerprint density at radius 2 is 1.91 bits per heavy atom. The maximum absolute atomic E-state index is 12.1. The molecule has 3 amide bonds. The first kappa shape index (κ1) is 15.8. The van der Waals surface area contributed by atoms with E-state index in [4.69, 9.17) is 0 Å². The van der Waals surface area contributed by atoms with Gasteiger partial charge in [0.25, 0.3) is 5.91 Å². The number of amides is 3. The molecule has 1 aliphatic rings. The lowest BCUT2D eigenvalue weighted by Gasteiger charge is -2.23. The van der Waals surface area contributed by atoms with E-state index in [1.807, 2.05) is 30.3 Å². The summed E-state index contributed by atoms with van der Waals surface area (Å²) in [7, 11) is 0. The topological polar surface area (TPSA) is 69.7 Å². The minimum absolute atomic E-state index is 0.308. The van der Waals surface area contributed by atoms with Crippen LogP contribution in [-0.4, -0.2) is 47.8 Å². The molecule has 2 rings (SSSR count). The molecule has 6 nitrogen and oxygen atoms in total. The second-order valence-electron chi connectivity index (χ2n) is 4.92. The molecule has 6 heteroatoms. The number of urea groups is 1. The molecule has 1 aromatic carbocycles. The van der Waals surface area contributed by atoms with Crippen LogP contribution in [0.5, 0.6) is 0 Å². The third kappa shape index (κ3) is 4.44. The highest BCUT2D eigenvalue weighted by Gasteiger charge is 2.21. The molecular weight excluding hydrogens is 282 g/mol. The summed E-state index contributed by atoms with van der Waals surface area (Å²) in [5, 5.41) is 0.965. The van der Waals surface area contributed by atoms with E-state index >= 15 is 0 Å². The maximum Gasteiger partial charge on any atom is 0.336 e. The molecule has 0 saturated carbocycles. The summed E-state index contributed by atoms with van der Waals surface area (Å²) in [5.41, 5.74) is 3.31. The Bertz CT molecular complexity index is 551. The van der Waals surface area contributed by atoms with Gasteiger partial charge in [-0.2, -0.15) is 0 Å². The van der Waals surface area contributed by atoms with Gasteiger partial charge in [-0.05, 0) is 24.5 Å². The van der Waals surface area contributed by atoms with Crippen LogP contribution < -0.4 is 5.43 Å². The molecule has 0 spiro atoms. The molecule has 0 atom stereocenters. The van der Waals surface area contributed by atoms with Crippen molar-refractivity contribution < 1.29 is 14.4 Å². The van der Waals surface area contributed by atoms with E-state index in [2.05, 4.69) is 5.43 Å². The fraction of sp³-hybridized carbons (Fsp3) is 0.312. The van der Waals surface area contributed by atoms with Crippen LogP contribution in [0.2, 0.25) is 0 Å². The zero-order valence-corrected chi connectivity index (χ0v) is 12.2. The summed E-state index contributed by atoms with van der Waals surface area (Å²) >= 11 is 0. The van der Waals surface area contributed by atoms with Crippen LogP contribution in [0, 0.1) is 0 Å². The fourth-order valence-corrected chi connectivity index (χ4v) is 2.17. The first-order valence-corrected chi connectivity index (χ1v) is 7.16. The van der Waals surface area contributed by atoms with Gasteiger partial charge in [0.1, 0.15) is 6.54 Å². The van der Waals surface area contributed by atoms with Crippen LogP contribution in [-0.2, 0) is 9.59 Å². The van der Waals surface area contributed by atoms with E-state index in [1.165, 1.54) is 6.08 Å². The van der Waals surface area contributed by atoms with Crippen molar-refractivity contribution in [1.29, 1.82) is 0 Å². The van der Waals surface area contributed by atoms with Crippen LogP contribution in [0.25, 0.3) is 6.08 Å². The molecule has 1 aromatic rings. The van der Waals surface area contributed by atoms with Crippen molar-refractivity contribution in [3.63, 3.8) is 0 Å². The summed E-state index contributed by atoms with van der Waals surface area (Å²) in [6.45, 7) is 1.02. The van der Waals surface area contributed by atoms with Gasteiger partial charge in [-0.3, -0.25) is 9.59 Å². The first-order valence-electron chi connectivity index (χ1n) is 7.16. The number of hydrogen-bond donors (Lipinski definition) is 1. The van der Waals surface area contributed by atoms with Crippen molar-refractivity contribution in [2.45, 2.75) is 12.8 Å². The molecule has 1 radical (unpaired) electrons. The Balaban J connectivity index is 1.97. The molecule has 1 aliphatic heterocycles. The van der Waals surface area contributed by atoms with Crippen molar-refractivity contribution in [1.82, 2.24) is 15.3 Å². The number of benzene rings is 1. The predicted octanol–water partition coefficient (Wildman–Crippen LogP) is 1.36. The number of hydrogen-bond acceptors (Lipinski definition) is 3. The molecule has 1 N–H and O–H groups in total. The number of nitrogens with one attached hydrogen (secondary N) is 1. The lowest BCUT2D eigenvalue weighted by atomic mass is 10.2. The summed E-state index contributed by atoms with van der Waals surface area (Å²) in [6, 6.07) is 8.93. The fourth-order valence-electron chi connectivity index (χ4n) is 2.17. The van der Waals surface area contributed by atoms with Crippen LogP contribution in [0.1, 0.15) is 18.4 Å². The number of nitrogens with zero attached hydrogens (tertiary/aromatic N) is 2. The van der Waals surface area contributed by atoms with Gasteiger partial charge >= 0.3 is 6.03 Å². The van der Waals surface area contributed by atoms with E-state index in [0.717, 1.165) is 23.4 Å². The highest BCUT2D eigenvalue weighted by molar-refractivity contribution is 5.94. The number of hydrazine groups is 1. The van der Waals surface area contributed by atoms with Gasteiger partial charge in [0.2, 0.25) is 6.29 Å². The molecule has 0 aliphatic carbocycles. The summed E-state index contributed by atoms with van der Waals surface area (Å²) in [4.78, 5) is 36.3. The Morgan fingerprint density at radius 1 is 1.23 bits per heavy atom. The SMILES string of the molecule is O=[C]CN(NC(=O)N1CCCC1)C(=O)/C=C/c1ccccc1. The molecule has 0 bridgehead atoms. The van der Waals surface area contributed by atoms with Gasteiger partial charge in [-0.25, -0.2) is 15.2 Å². The van der Waals surface area contributed by atoms with Crippen LogP contribution in [0.4, 0.5) is 4.79 Å². The molecule has 1 fully saturated rings. The van der Waals surface area contributed by atoms with Gasteiger partial charge in [-0.1, -0.05) is 30.3 Å². The van der Waals surface area contributed by atoms with E-state index in [1.54, 1.807) is 17.3 Å². The number of carbonyl (C=O) groups excluding carboxylic acids is 3. The van der Waals surface area contributed by atoms with E-state index in [-0.39, 0.29) is 12.6 Å². The molecule has 0 unspecified atom stereocenters. The highest BCUT2D eigenvalue weighted by atomic mass is 16.2. The molecule has 0 aromatic heterocycles. The molecule has 1 heterocycles. The average Bonchev–Trinajstić information content (AvgIpc) is 3.07. The Hall–Kier alpha value is -2.63. The van der Waals surface area contributed by atoms with Crippen molar-refractivity contribution >= 4 is 24.3 Å². The van der Waals surface area contributed by atoms with Crippen molar-refractivity contribution in [3.8, 4) is 0 Å². The Morgan fingerprint density at radius 3 is 2.55 bits per heavy atom. The number of likely N-dealkylation sites (tertiary alicyclic amines) is 1. The number of carbonyl (C=O) groups is 2. The van der Waals surface area contributed by atoms with Crippen molar-refractivity contribution in [2.75, 3.05) is 19.6 Å². The lowest BCUT2D eigenvalue weighted by molar-refractivity contribution is -0.127. The molecule has 22 heavy (non-hydrogen) atoms. The van der Waals surface area contributed by atoms with Crippen LogP contribution >= 0.6 is 0 Å². The van der Waals surface area contributed by atoms with Gasteiger partial charge < -0.3 is 4.90 Å². The standard InChI is InChI=1S/C16H18N3O3/c20-13-12-19(17-16(22)18-10-4-5-11-18)15(21)9-8-14-6-2-1-3-7-14/h1-3,6-9H,4-5,10-12H2,(H,17,22)/b9-8+. The third-order valence-corrected chi connectivity index (χ3v) is 3.33. The van der Waals surface area contributed by atoms with Crippen molar-refractivity contribution in [3.05, 3.63) is 42.0 Å². The Labute approximate surface area is 129 Å². The van der Waals surface area contributed by atoms with E-state index in [0.29, 0.717) is 13.1 Å². The zero-order chi connectivity index (χ0) is 15.8. The lowest BCUT2D eigenvalue weighted by Crippen LogP contribution is -2.51. The van der Waals surface area contributed by atoms with Gasteiger partial charge in [-0.15, -0.1) is 0 Å². The largest absolute Gasteiger partial charge is 0.336 e. The first-order chi connectivity index (χ1) is 10.7. The highest BCUT2D eigenvalue weighted by Crippen LogP contribution is 2.07. The summed E-state index contributed by atoms with van der Waals surface area (Å²) < 4.78 is 0. The summed E-state index contributed by atoms with van der Waals surface area (Å²) in [6.07, 6.45) is 6.48. The van der Waals surface area contributed by atoms with E-state index in [9.17, 15) is 14.4 Å². The van der Waals surface area contributed by atoms with Gasteiger partial charge in [0.05, 0.1) is 0 Å². The number of rotatable bonds is 4. The smallest absolute Gasteiger partial charge is 0.323 e. The molecule has 1 saturated heterocycles. The second-order valence-corrected chi connectivity index (χ2v) is 4.92. The monoisotopic (exact) mass is 300 g/mol. The predicted molar refractivity (Wildman–Crippen MR) is 82.2 cm³/mol. The minimum atomic E-state index is -0.472. The van der Waals surface area contributed by atoms with E-state index < -0.39 is 5.91 Å². The van der Waals surface area contributed by atoms with Gasteiger partial charge in [0, 0.05) is 19.2 Å². The molecular formula is C16H18N3O3. The average molecular weight is 300 g/mol. The quantitative estimate of drug-likeness (QED) is 0.674. The van der Waals surface area contributed by atoms with Crippen LogP contribution in [0.3, 0.4) is 0 Å². The second kappa shape index (κ2) is 7.97. The molecule has 115 valence electrons. The maximum atomic E-state index is 12.1. The summed E-state index contributed by atoms with van der Waals surface area (Å²) in [5.74, 6) is -0.472. The normalized spacial score (nSPS) is 14.1. The Kier molecular flexibility index (Phi) is 5.71. The van der Waals surface area contributed by atoms with Gasteiger partial charge in [0.15, 0.2) is 0 Å². The van der Waals surface area contributed by atoms with Crippen LogP contribution in [0.15, 0.2) is 36.4 Å². The zero-order valence-electron chi connectivity index (χ0n) is 12.2. The van der Waals surface area contributed by atoms with Crippen molar-refractivity contribution in [2.24, 2.45) is 0 Å². The minimum Gasteiger partial charge on any atom is -0.323 e. The third-order valence-electron chi connectivity index (χ3n) is 3.33.